The topological polar surface area (TPSA) is 92.2 Å². The summed E-state index contributed by atoms with van der Waals surface area (Å²) in [6, 6.07) is 11.0. The molecule has 3 amide bonds. The van der Waals surface area contributed by atoms with Gasteiger partial charge in [0.15, 0.2) is 5.82 Å². The first kappa shape index (κ1) is 20.1. The minimum Gasteiger partial charge on any atom is -0.334 e. The predicted molar refractivity (Wildman–Crippen MR) is 111 cm³/mol. The molecule has 8 heteroatoms. The van der Waals surface area contributed by atoms with Crippen LogP contribution in [0, 0.1) is 13.8 Å². The molecule has 2 aromatic heterocycles. The highest BCUT2D eigenvalue weighted by atomic mass is 16.2. The van der Waals surface area contributed by atoms with Crippen LogP contribution in [0.5, 0.6) is 0 Å². The summed E-state index contributed by atoms with van der Waals surface area (Å²) in [5, 5.41) is 9.79. The zero-order chi connectivity index (χ0) is 20.8. The minimum absolute atomic E-state index is 0.0455. The number of carbonyl (C=O) groups excluding carboxylic acids is 2. The van der Waals surface area contributed by atoms with Crippen molar-refractivity contribution in [3.63, 3.8) is 0 Å². The Balaban J connectivity index is 1.49. The molecule has 0 bridgehead atoms. The van der Waals surface area contributed by atoms with Gasteiger partial charge in [-0.05, 0) is 42.7 Å². The first-order chi connectivity index (χ1) is 13.9. The Hall–Kier alpha value is -3.68. The van der Waals surface area contributed by atoms with Gasteiger partial charge in [-0.3, -0.25) is 4.79 Å². The van der Waals surface area contributed by atoms with E-state index < -0.39 is 0 Å². The first-order valence-electron chi connectivity index (χ1n) is 9.24. The number of aromatic nitrogens is 3. The maximum absolute atomic E-state index is 12.3. The number of nitrogens with zero attached hydrogens (tertiary/aromatic N) is 4. The van der Waals surface area contributed by atoms with Gasteiger partial charge in [0.05, 0.1) is 0 Å². The van der Waals surface area contributed by atoms with Crippen molar-refractivity contribution in [1.29, 1.82) is 0 Å². The van der Waals surface area contributed by atoms with Crippen LogP contribution < -0.4 is 10.6 Å². The number of likely N-dealkylation sites (N-methyl/N-ethyl adjacent to an activating group) is 1. The van der Waals surface area contributed by atoms with Crippen molar-refractivity contribution in [2.45, 2.75) is 20.4 Å². The number of carbonyl (C=O) groups is 2. The number of aryl methyl sites for hydroxylation is 2. The van der Waals surface area contributed by atoms with Gasteiger partial charge in [-0.2, -0.15) is 5.10 Å². The Morgan fingerprint density at radius 1 is 1.10 bits per heavy atom. The molecule has 0 aliphatic rings. The normalized spacial score (nSPS) is 10.4. The van der Waals surface area contributed by atoms with E-state index in [-0.39, 0.29) is 18.5 Å². The van der Waals surface area contributed by atoms with Crippen molar-refractivity contribution in [2.75, 3.05) is 18.9 Å². The minimum atomic E-state index is -0.335. The van der Waals surface area contributed by atoms with Crippen LogP contribution in [0.15, 0.2) is 55.0 Å². The van der Waals surface area contributed by atoms with Gasteiger partial charge in [-0.1, -0.05) is 24.3 Å². The van der Waals surface area contributed by atoms with Crippen LogP contribution in [0.3, 0.4) is 0 Å². The number of anilines is 1. The van der Waals surface area contributed by atoms with E-state index in [0.717, 1.165) is 22.4 Å². The number of nitrogens with one attached hydrogen (secondary N) is 2. The fourth-order valence-electron chi connectivity index (χ4n) is 2.85. The van der Waals surface area contributed by atoms with Gasteiger partial charge in [-0.15, -0.1) is 0 Å². The summed E-state index contributed by atoms with van der Waals surface area (Å²) in [5.74, 6) is 0.454. The average molecular weight is 392 g/mol. The molecule has 29 heavy (non-hydrogen) atoms. The number of pyridine rings is 1. The van der Waals surface area contributed by atoms with Gasteiger partial charge in [0.1, 0.15) is 6.54 Å². The highest BCUT2D eigenvalue weighted by molar-refractivity contribution is 5.95. The average Bonchev–Trinajstić information content (AvgIpc) is 3.24. The highest BCUT2D eigenvalue weighted by Gasteiger charge is 2.14. The van der Waals surface area contributed by atoms with Crippen LogP contribution in [-0.2, 0) is 11.3 Å². The van der Waals surface area contributed by atoms with Gasteiger partial charge in [-0.25, -0.2) is 14.5 Å². The molecule has 0 spiro atoms. The smallest absolute Gasteiger partial charge is 0.317 e. The van der Waals surface area contributed by atoms with Crippen molar-refractivity contribution in [2.24, 2.45) is 0 Å². The van der Waals surface area contributed by atoms with E-state index in [0.29, 0.717) is 12.4 Å². The Bertz CT molecular complexity index is 963. The fourth-order valence-corrected chi connectivity index (χ4v) is 2.85. The van der Waals surface area contributed by atoms with E-state index in [1.165, 1.54) is 4.90 Å². The summed E-state index contributed by atoms with van der Waals surface area (Å²) in [7, 11) is 1.58. The molecular formula is C21H24N6O2. The highest BCUT2D eigenvalue weighted by Crippen LogP contribution is 2.19. The molecule has 2 N–H and O–H groups in total. The number of hydrogen-bond acceptors (Lipinski definition) is 4. The lowest BCUT2D eigenvalue weighted by molar-refractivity contribution is -0.116. The number of para-hydroxylation sites is 1. The maximum Gasteiger partial charge on any atom is 0.317 e. The lowest BCUT2D eigenvalue weighted by Crippen LogP contribution is -2.41. The molecule has 0 fully saturated rings. The number of benzene rings is 1. The molecule has 3 aromatic rings. The van der Waals surface area contributed by atoms with Crippen LogP contribution in [0.4, 0.5) is 10.5 Å². The zero-order valence-electron chi connectivity index (χ0n) is 16.7. The lowest BCUT2D eigenvalue weighted by Gasteiger charge is -2.18. The van der Waals surface area contributed by atoms with Crippen LogP contribution in [0.2, 0.25) is 0 Å². The molecule has 150 valence electrons. The summed E-state index contributed by atoms with van der Waals surface area (Å²) >= 11 is 0. The molecule has 0 aliphatic heterocycles. The quantitative estimate of drug-likeness (QED) is 0.675. The molecule has 1 aromatic carbocycles. The second-order valence-electron chi connectivity index (χ2n) is 6.81. The molecule has 0 unspecified atom stereocenters. The molecule has 2 heterocycles. The first-order valence-corrected chi connectivity index (χ1v) is 9.24. The molecule has 8 nitrogen and oxygen atoms in total. The van der Waals surface area contributed by atoms with E-state index in [4.69, 9.17) is 0 Å². The van der Waals surface area contributed by atoms with Crippen molar-refractivity contribution in [3.05, 3.63) is 71.7 Å². The van der Waals surface area contributed by atoms with E-state index >= 15 is 0 Å². The van der Waals surface area contributed by atoms with Crippen LogP contribution in [0.25, 0.3) is 5.82 Å². The Morgan fingerprint density at radius 2 is 1.86 bits per heavy atom. The van der Waals surface area contributed by atoms with Gasteiger partial charge < -0.3 is 15.5 Å². The summed E-state index contributed by atoms with van der Waals surface area (Å²) in [5.41, 5.74) is 3.60. The third kappa shape index (κ3) is 5.19. The fraction of sp³-hybridized carbons (Fsp3) is 0.238. The molecular weight excluding hydrogens is 368 g/mol. The number of rotatable bonds is 6. The van der Waals surface area contributed by atoms with E-state index in [9.17, 15) is 9.59 Å². The van der Waals surface area contributed by atoms with E-state index in [1.54, 1.807) is 24.1 Å². The zero-order valence-corrected chi connectivity index (χ0v) is 16.7. The van der Waals surface area contributed by atoms with Gasteiger partial charge in [0, 0.05) is 37.9 Å². The van der Waals surface area contributed by atoms with Crippen LogP contribution in [0.1, 0.15) is 16.7 Å². The third-order valence-electron chi connectivity index (χ3n) is 4.47. The standard InChI is InChI=1S/C21H24N6O2/c1-15-6-4-7-16(2)20(15)25-19(28)14-26(3)21(29)23-13-17-8-9-18(22-12-17)27-11-5-10-24-27/h4-12H,13-14H2,1-3H3,(H,23,29)(H,25,28). The molecule has 0 saturated heterocycles. The summed E-state index contributed by atoms with van der Waals surface area (Å²) in [6.45, 7) is 4.14. The SMILES string of the molecule is Cc1cccc(C)c1NC(=O)CN(C)C(=O)NCc1ccc(-n2cccn2)nc1. The van der Waals surface area contributed by atoms with Gasteiger partial charge in [0.2, 0.25) is 5.91 Å². The Labute approximate surface area is 169 Å². The summed E-state index contributed by atoms with van der Waals surface area (Å²) < 4.78 is 1.66. The number of urea groups is 1. The Kier molecular flexibility index (Phi) is 6.23. The molecule has 3 rings (SSSR count). The molecule has 0 radical (unpaired) electrons. The lowest BCUT2D eigenvalue weighted by atomic mass is 10.1. The third-order valence-corrected chi connectivity index (χ3v) is 4.47. The second kappa shape index (κ2) is 9.01. The largest absolute Gasteiger partial charge is 0.334 e. The van der Waals surface area contributed by atoms with Gasteiger partial charge in [0.25, 0.3) is 0 Å². The number of hydrogen-bond donors (Lipinski definition) is 2. The van der Waals surface area contributed by atoms with E-state index in [2.05, 4.69) is 20.7 Å². The van der Waals surface area contributed by atoms with Crippen molar-refractivity contribution >= 4 is 17.6 Å². The maximum atomic E-state index is 12.3. The number of amides is 3. The monoisotopic (exact) mass is 392 g/mol. The second-order valence-corrected chi connectivity index (χ2v) is 6.81. The van der Waals surface area contributed by atoms with Crippen molar-refractivity contribution < 1.29 is 9.59 Å². The van der Waals surface area contributed by atoms with Crippen LogP contribution >= 0.6 is 0 Å². The van der Waals surface area contributed by atoms with Gasteiger partial charge >= 0.3 is 6.03 Å². The predicted octanol–water partition coefficient (Wildman–Crippen LogP) is 2.66. The van der Waals surface area contributed by atoms with Crippen LogP contribution in [-0.4, -0.2) is 45.2 Å². The summed E-state index contributed by atoms with van der Waals surface area (Å²) in [6.07, 6.45) is 5.18. The van der Waals surface area contributed by atoms with Crippen molar-refractivity contribution in [3.8, 4) is 5.82 Å². The molecule has 0 saturated carbocycles. The van der Waals surface area contributed by atoms with E-state index in [1.807, 2.05) is 56.4 Å². The Morgan fingerprint density at radius 3 is 2.48 bits per heavy atom. The summed E-state index contributed by atoms with van der Waals surface area (Å²) in [4.78, 5) is 30.3. The molecule has 0 atom stereocenters. The van der Waals surface area contributed by atoms with Crippen molar-refractivity contribution in [1.82, 2.24) is 25.0 Å². The molecule has 0 aliphatic carbocycles.